The second-order valence-electron chi connectivity index (χ2n) is 5.22. The van der Waals surface area contributed by atoms with E-state index in [2.05, 4.69) is 5.32 Å². The molecule has 8 nitrogen and oxygen atoms in total. The third kappa shape index (κ3) is 4.10. The SMILES string of the molecule is COc1cc(CCC(=O)N2CCNCC2)c([N+](=O)[O-])cc1OC. The fraction of sp³-hybridized carbons (Fsp3) is 0.533. The molecule has 0 saturated carbocycles. The molecule has 0 spiro atoms. The molecular weight excluding hydrogens is 302 g/mol. The van der Waals surface area contributed by atoms with Gasteiger partial charge in [-0.25, -0.2) is 0 Å². The average molecular weight is 323 g/mol. The van der Waals surface area contributed by atoms with Gasteiger partial charge in [-0.3, -0.25) is 14.9 Å². The molecule has 1 saturated heterocycles. The zero-order valence-corrected chi connectivity index (χ0v) is 13.3. The molecule has 0 bridgehead atoms. The number of ether oxygens (including phenoxy) is 2. The summed E-state index contributed by atoms with van der Waals surface area (Å²) in [6.07, 6.45) is 0.524. The molecule has 1 aliphatic rings. The Morgan fingerprint density at radius 3 is 2.43 bits per heavy atom. The number of carbonyl (C=O) groups excluding carboxylic acids is 1. The molecule has 0 aliphatic carbocycles. The van der Waals surface area contributed by atoms with Gasteiger partial charge in [-0.15, -0.1) is 0 Å². The van der Waals surface area contributed by atoms with Crippen molar-refractivity contribution in [1.29, 1.82) is 0 Å². The van der Waals surface area contributed by atoms with E-state index in [1.54, 1.807) is 11.0 Å². The number of aryl methyl sites for hydroxylation is 1. The van der Waals surface area contributed by atoms with Crippen molar-refractivity contribution in [2.75, 3.05) is 40.4 Å². The molecule has 0 unspecified atom stereocenters. The highest BCUT2D eigenvalue weighted by molar-refractivity contribution is 5.77. The summed E-state index contributed by atoms with van der Waals surface area (Å²) in [5.74, 6) is 0.731. The number of nitrogens with one attached hydrogen (secondary N) is 1. The molecule has 1 fully saturated rings. The largest absolute Gasteiger partial charge is 0.493 e. The Morgan fingerprint density at radius 2 is 1.87 bits per heavy atom. The summed E-state index contributed by atoms with van der Waals surface area (Å²) in [7, 11) is 2.90. The molecule has 0 aromatic heterocycles. The molecule has 1 aliphatic heterocycles. The number of methoxy groups -OCH3 is 2. The highest BCUT2D eigenvalue weighted by Gasteiger charge is 2.22. The van der Waals surface area contributed by atoms with E-state index < -0.39 is 4.92 Å². The van der Waals surface area contributed by atoms with Crippen molar-refractivity contribution in [2.45, 2.75) is 12.8 Å². The summed E-state index contributed by atoms with van der Waals surface area (Å²) in [6.45, 7) is 2.91. The summed E-state index contributed by atoms with van der Waals surface area (Å²) in [6, 6.07) is 2.91. The van der Waals surface area contributed by atoms with Crippen LogP contribution in [0, 0.1) is 10.1 Å². The Morgan fingerprint density at radius 1 is 1.26 bits per heavy atom. The van der Waals surface area contributed by atoms with Crippen LogP contribution in [0.25, 0.3) is 0 Å². The minimum atomic E-state index is -0.466. The highest BCUT2D eigenvalue weighted by atomic mass is 16.6. The standard InChI is InChI=1S/C15H21N3O5/c1-22-13-9-11(12(18(20)21)10-14(13)23-2)3-4-15(19)17-7-5-16-6-8-17/h9-10,16H,3-8H2,1-2H3. The van der Waals surface area contributed by atoms with Crippen molar-refractivity contribution >= 4 is 11.6 Å². The van der Waals surface area contributed by atoms with Crippen LogP contribution >= 0.6 is 0 Å². The summed E-state index contributed by atoms with van der Waals surface area (Å²) < 4.78 is 10.3. The van der Waals surface area contributed by atoms with Gasteiger partial charge in [-0.2, -0.15) is 0 Å². The van der Waals surface area contributed by atoms with Gasteiger partial charge in [-0.1, -0.05) is 0 Å². The van der Waals surface area contributed by atoms with Crippen LogP contribution in [0.2, 0.25) is 0 Å². The zero-order valence-electron chi connectivity index (χ0n) is 13.3. The van der Waals surface area contributed by atoms with Gasteiger partial charge in [0.15, 0.2) is 11.5 Å². The van der Waals surface area contributed by atoms with Crippen molar-refractivity contribution in [2.24, 2.45) is 0 Å². The minimum Gasteiger partial charge on any atom is -0.493 e. The van der Waals surface area contributed by atoms with E-state index in [1.165, 1.54) is 20.3 Å². The van der Waals surface area contributed by atoms with Crippen molar-refractivity contribution < 1.29 is 19.2 Å². The molecule has 1 N–H and O–H groups in total. The number of nitro benzene ring substituents is 1. The van der Waals surface area contributed by atoms with Crippen LogP contribution in [-0.4, -0.2) is 56.1 Å². The van der Waals surface area contributed by atoms with E-state index in [4.69, 9.17) is 9.47 Å². The number of benzene rings is 1. The van der Waals surface area contributed by atoms with Crippen LogP contribution in [-0.2, 0) is 11.2 Å². The first-order valence-electron chi connectivity index (χ1n) is 7.44. The van der Waals surface area contributed by atoms with Crippen LogP contribution in [0.5, 0.6) is 11.5 Å². The molecule has 1 amide bonds. The van der Waals surface area contributed by atoms with Crippen molar-refractivity contribution in [1.82, 2.24) is 10.2 Å². The van der Waals surface area contributed by atoms with Crippen molar-refractivity contribution in [3.05, 3.63) is 27.8 Å². The van der Waals surface area contributed by atoms with E-state index in [1.807, 2.05) is 0 Å². The minimum absolute atomic E-state index is 0.00980. The van der Waals surface area contributed by atoms with E-state index in [0.29, 0.717) is 36.6 Å². The van der Waals surface area contributed by atoms with Gasteiger partial charge in [0.25, 0.3) is 5.69 Å². The number of hydrogen-bond acceptors (Lipinski definition) is 6. The lowest BCUT2D eigenvalue weighted by molar-refractivity contribution is -0.385. The normalized spacial score (nSPS) is 14.4. The van der Waals surface area contributed by atoms with E-state index in [9.17, 15) is 14.9 Å². The van der Waals surface area contributed by atoms with Crippen molar-refractivity contribution in [3.63, 3.8) is 0 Å². The Bertz CT molecular complexity index is 585. The van der Waals surface area contributed by atoms with Gasteiger partial charge in [0.1, 0.15) is 0 Å². The molecule has 0 atom stereocenters. The molecule has 1 heterocycles. The smallest absolute Gasteiger partial charge is 0.276 e. The maximum atomic E-state index is 12.2. The Balaban J connectivity index is 2.14. The molecule has 0 radical (unpaired) electrons. The van der Waals surface area contributed by atoms with Crippen LogP contribution in [0.15, 0.2) is 12.1 Å². The number of amides is 1. The Hall–Kier alpha value is -2.35. The predicted octanol–water partition coefficient (Wildman–Crippen LogP) is 0.976. The number of nitrogens with zero attached hydrogens (tertiary/aromatic N) is 2. The van der Waals surface area contributed by atoms with Crippen molar-refractivity contribution in [3.8, 4) is 11.5 Å². The molecule has 8 heteroatoms. The van der Waals surface area contributed by atoms with Crippen LogP contribution in [0.3, 0.4) is 0 Å². The highest BCUT2D eigenvalue weighted by Crippen LogP contribution is 2.35. The van der Waals surface area contributed by atoms with Gasteiger partial charge >= 0.3 is 0 Å². The zero-order chi connectivity index (χ0) is 16.8. The first kappa shape index (κ1) is 17.0. The monoisotopic (exact) mass is 323 g/mol. The Kier molecular flexibility index (Phi) is 5.75. The number of piperazine rings is 1. The maximum absolute atomic E-state index is 12.2. The lowest BCUT2D eigenvalue weighted by Crippen LogP contribution is -2.46. The number of carbonyl (C=O) groups is 1. The number of hydrogen-bond donors (Lipinski definition) is 1. The van der Waals surface area contributed by atoms with Crippen LogP contribution < -0.4 is 14.8 Å². The van der Waals surface area contributed by atoms with E-state index in [0.717, 1.165) is 13.1 Å². The maximum Gasteiger partial charge on any atom is 0.276 e. The van der Waals surface area contributed by atoms with E-state index in [-0.39, 0.29) is 18.0 Å². The predicted molar refractivity (Wildman–Crippen MR) is 84.0 cm³/mol. The quantitative estimate of drug-likeness (QED) is 0.619. The topological polar surface area (TPSA) is 93.9 Å². The average Bonchev–Trinajstić information content (AvgIpc) is 2.59. The van der Waals surface area contributed by atoms with Gasteiger partial charge in [0, 0.05) is 38.2 Å². The molecule has 1 aromatic rings. The van der Waals surface area contributed by atoms with E-state index >= 15 is 0 Å². The van der Waals surface area contributed by atoms with Crippen LogP contribution in [0.4, 0.5) is 5.69 Å². The second kappa shape index (κ2) is 7.77. The van der Waals surface area contributed by atoms with Gasteiger partial charge < -0.3 is 19.7 Å². The third-order valence-corrected chi connectivity index (χ3v) is 3.86. The molecule has 1 aromatic carbocycles. The summed E-state index contributed by atoms with van der Waals surface area (Å²) in [5, 5.41) is 14.4. The van der Waals surface area contributed by atoms with Gasteiger partial charge in [0.2, 0.25) is 5.91 Å². The summed E-state index contributed by atoms with van der Waals surface area (Å²) in [5.41, 5.74) is 0.409. The first-order chi connectivity index (χ1) is 11.1. The molecule has 126 valence electrons. The molecular formula is C15H21N3O5. The number of nitro groups is 1. The summed E-state index contributed by atoms with van der Waals surface area (Å²) >= 11 is 0. The summed E-state index contributed by atoms with van der Waals surface area (Å²) in [4.78, 5) is 24.8. The molecule has 23 heavy (non-hydrogen) atoms. The fourth-order valence-corrected chi connectivity index (χ4v) is 2.59. The lowest BCUT2D eigenvalue weighted by Gasteiger charge is -2.27. The molecule has 2 rings (SSSR count). The van der Waals surface area contributed by atoms with Gasteiger partial charge in [-0.05, 0) is 12.5 Å². The lowest BCUT2D eigenvalue weighted by atomic mass is 10.1. The van der Waals surface area contributed by atoms with Gasteiger partial charge in [0.05, 0.1) is 25.2 Å². The van der Waals surface area contributed by atoms with Crippen LogP contribution in [0.1, 0.15) is 12.0 Å². The second-order valence-corrected chi connectivity index (χ2v) is 5.22. The third-order valence-electron chi connectivity index (χ3n) is 3.86. The number of rotatable bonds is 6. The fourth-order valence-electron chi connectivity index (χ4n) is 2.59. The Labute approximate surface area is 134 Å². The first-order valence-corrected chi connectivity index (χ1v) is 7.44.